The van der Waals surface area contributed by atoms with Gasteiger partial charge in [0, 0.05) is 12.8 Å². The van der Waals surface area contributed by atoms with Crippen LogP contribution >= 0.6 is 0 Å². The predicted octanol–water partition coefficient (Wildman–Crippen LogP) is 8.09. The highest BCUT2D eigenvalue weighted by atomic mass is 16.1. The quantitative estimate of drug-likeness (QED) is 0.417. The van der Waals surface area contributed by atoms with E-state index in [1.54, 1.807) is 0 Å². The van der Waals surface area contributed by atoms with Gasteiger partial charge in [0.2, 0.25) is 0 Å². The number of fused-ring (bicyclic) bond motifs is 5. The lowest BCUT2D eigenvalue weighted by Gasteiger charge is -2.60. The van der Waals surface area contributed by atoms with E-state index in [9.17, 15) is 4.79 Å². The fourth-order valence-electron chi connectivity index (χ4n) is 9.23. The van der Waals surface area contributed by atoms with E-state index in [0.717, 1.165) is 48.3 Å². The molecule has 0 N–H and O–H groups in total. The third-order valence-electron chi connectivity index (χ3n) is 11.2. The molecule has 0 amide bonds. The second-order valence-electron chi connectivity index (χ2n) is 12.7. The molecule has 0 radical (unpaired) electrons. The van der Waals surface area contributed by atoms with Crippen LogP contribution in [0.5, 0.6) is 0 Å². The summed E-state index contributed by atoms with van der Waals surface area (Å²) in [5, 5.41) is 0. The van der Waals surface area contributed by atoms with Crippen molar-refractivity contribution in [2.24, 2.45) is 58.2 Å². The number of carbonyl (C=O) groups excluding carboxylic acids is 1. The van der Waals surface area contributed by atoms with Crippen LogP contribution in [0.3, 0.4) is 0 Å². The van der Waals surface area contributed by atoms with Crippen LogP contribution in [0, 0.1) is 58.2 Å². The van der Waals surface area contributed by atoms with Crippen molar-refractivity contribution in [3.8, 4) is 0 Å². The molecule has 0 bridgehead atoms. The molecule has 30 heavy (non-hydrogen) atoms. The molecule has 4 saturated carbocycles. The summed E-state index contributed by atoms with van der Waals surface area (Å²) in [4.78, 5) is 12.1. The molecule has 4 rings (SSSR count). The Balaban J connectivity index is 1.50. The lowest BCUT2D eigenvalue weighted by molar-refractivity contribution is -0.140. The molecule has 0 unspecified atom stereocenters. The van der Waals surface area contributed by atoms with Crippen molar-refractivity contribution >= 4 is 5.78 Å². The molecule has 1 heteroatoms. The second-order valence-corrected chi connectivity index (χ2v) is 12.7. The molecule has 4 aliphatic rings. The molecular formula is C29H48O. The first-order valence-corrected chi connectivity index (χ1v) is 13.4. The van der Waals surface area contributed by atoms with E-state index in [0.29, 0.717) is 28.4 Å². The topological polar surface area (TPSA) is 17.1 Å². The van der Waals surface area contributed by atoms with Crippen molar-refractivity contribution in [1.82, 2.24) is 0 Å². The van der Waals surface area contributed by atoms with Gasteiger partial charge < -0.3 is 0 Å². The van der Waals surface area contributed by atoms with E-state index in [4.69, 9.17) is 0 Å². The number of hydrogen-bond donors (Lipinski definition) is 0. The molecule has 0 spiro atoms. The Morgan fingerprint density at radius 1 is 0.933 bits per heavy atom. The van der Waals surface area contributed by atoms with Crippen molar-refractivity contribution in [2.45, 2.75) is 106 Å². The summed E-state index contributed by atoms with van der Waals surface area (Å²) in [6, 6.07) is 0. The number of carbonyl (C=O) groups is 1. The highest BCUT2D eigenvalue weighted by Crippen LogP contribution is 2.68. The highest BCUT2D eigenvalue weighted by molar-refractivity contribution is 5.79. The lowest BCUT2D eigenvalue weighted by Crippen LogP contribution is -2.53. The van der Waals surface area contributed by atoms with Crippen LogP contribution in [0.1, 0.15) is 106 Å². The summed E-state index contributed by atoms with van der Waals surface area (Å²) in [6.07, 6.45) is 17.8. The Hall–Kier alpha value is -0.590. The molecule has 4 aliphatic carbocycles. The van der Waals surface area contributed by atoms with Crippen molar-refractivity contribution in [1.29, 1.82) is 0 Å². The molecule has 0 aromatic rings. The zero-order valence-corrected chi connectivity index (χ0v) is 20.8. The van der Waals surface area contributed by atoms with Gasteiger partial charge in [-0.1, -0.05) is 53.7 Å². The Morgan fingerprint density at radius 3 is 2.37 bits per heavy atom. The van der Waals surface area contributed by atoms with Crippen molar-refractivity contribution < 1.29 is 4.79 Å². The number of hydrogen-bond acceptors (Lipinski definition) is 1. The van der Waals surface area contributed by atoms with Gasteiger partial charge in [0.15, 0.2) is 0 Å². The van der Waals surface area contributed by atoms with E-state index in [1.807, 2.05) is 0 Å². The van der Waals surface area contributed by atoms with Crippen LogP contribution in [0.2, 0.25) is 0 Å². The minimum atomic E-state index is 0.452. The number of ketones is 1. The van der Waals surface area contributed by atoms with Gasteiger partial charge in [-0.3, -0.25) is 4.79 Å². The minimum Gasteiger partial charge on any atom is -0.300 e. The normalized spacial score (nSPS) is 45.8. The first kappa shape index (κ1) is 22.6. The maximum absolute atomic E-state index is 12.1. The maximum atomic E-state index is 12.1. The largest absolute Gasteiger partial charge is 0.300 e. The SMILES string of the molecule is CC[C@H](/C=C/[C@H](C)[C@@H]1CC[C@@H]2[C@H]3CC[C@H]4CC(=O)CC[C@]4(C)[C@@H]3CC[C@@]21C)C(C)C. The van der Waals surface area contributed by atoms with Crippen molar-refractivity contribution in [2.75, 3.05) is 0 Å². The summed E-state index contributed by atoms with van der Waals surface area (Å²) in [5.74, 6) is 7.04. The minimum absolute atomic E-state index is 0.452. The molecule has 0 saturated heterocycles. The van der Waals surface area contributed by atoms with Gasteiger partial charge in [0.25, 0.3) is 0 Å². The van der Waals surface area contributed by atoms with E-state index in [2.05, 4.69) is 53.7 Å². The van der Waals surface area contributed by atoms with Crippen LogP contribution in [-0.2, 0) is 4.79 Å². The Morgan fingerprint density at radius 2 is 1.67 bits per heavy atom. The van der Waals surface area contributed by atoms with Gasteiger partial charge >= 0.3 is 0 Å². The summed E-state index contributed by atoms with van der Waals surface area (Å²) in [6.45, 7) is 14.8. The van der Waals surface area contributed by atoms with Gasteiger partial charge in [0.05, 0.1) is 0 Å². The summed E-state index contributed by atoms with van der Waals surface area (Å²) < 4.78 is 0. The molecule has 0 heterocycles. The van der Waals surface area contributed by atoms with Gasteiger partial charge in [-0.05, 0) is 110 Å². The summed E-state index contributed by atoms with van der Waals surface area (Å²) >= 11 is 0. The lowest BCUT2D eigenvalue weighted by atomic mass is 9.44. The zero-order chi connectivity index (χ0) is 21.7. The number of Topliss-reactive ketones (excluding diaryl/α,β-unsaturated/α-hetero) is 1. The highest BCUT2D eigenvalue weighted by Gasteiger charge is 2.60. The average Bonchev–Trinajstić information content (AvgIpc) is 3.06. The molecule has 4 fully saturated rings. The predicted molar refractivity (Wildman–Crippen MR) is 127 cm³/mol. The van der Waals surface area contributed by atoms with Crippen molar-refractivity contribution in [3.63, 3.8) is 0 Å². The van der Waals surface area contributed by atoms with Gasteiger partial charge in [-0.25, -0.2) is 0 Å². The molecule has 1 nitrogen and oxygen atoms in total. The fraction of sp³-hybridized carbons (Fsp3) is 0.897. The smallest absolute Gasteiger partial charge is 0.133 e. The molecule has 0 aromatic heterocycles. The van der Waals surface area contributed by atoms with E-state index >= 15 is 0 Å². The maximum Gasteiger partial charge on any atom is 0.133 e. The molecule has 0 aromatic carbocycles. The fourth-order valence-corrected chi connectivity index (χ4v) is 9.23. The van der Waals surface area contributed by atoms with Crippen LogP contribution in [0.15, 0.2) is 12.2 Å². The first-order valence-electron chi connectivity index (χ1n) is 13.4. The second kappa shape index (κ2) is 8.40. The van der Waals surface area contributed by atoms with Crippen LogP contribution in [0.25, 0.3) is 0 Å². The first-order chi connectivity index (χ1) is 14.2. The van der Waals surface area contributed by atoms with E-state index < -0.39 is 0 Å². The number of allylic oxidation sites excluding steroid dienone is 2. The van der Waals surface area contributed by atoms with E-state index in [1.165, 1.54) is 51.4 Å². The molecule has 0 aliphatic heterocycles. The Kier molecular flexibility index (Phi) is 6.33. The standard InChI is InChI=1S/C29H48O/c1-7-21(19(2)3)9-8-20(4)25-12-13-26-24-11-10-22-18-23(30)14-16-28(22,5)27(24)15-17-29(25,26)6/h8-9,19-22,24-27H,7,10-18H2,1-6H3/b9-8+/t20-,21+,22-,24+,25-,26+,27+,28-,29+/m0/s1. The van der Waals surface area contributed by atoms with E-state index in [-0.39, 0.29) is 0 Å². The summed E-state index contributed by atoms with van der Waals surface area (Å²) in [5.41, 5.74) is 0.992. The average molecular weight is 413 g/mol. The third kappa shape index (κ3) is 3.65. The molecule has 170 valence electrons. The zero-order valence-electron chi connectivity index (χ0n) is 20.8. The van der Waals surface area contributed by atoms with Crippen LogP contribution in [0.4, 0.5) is 0 Å². The van der Waals surface area contributed by atoms with Gasteiger partial charge in [0.1, 0.15) is 5.78 Å². The monoisotopic (exact) mass is 412 g/mol. The van der Waals surface area contributed by atoms with Gasteiger partial charge in [-0.2, -0.15) is 0 Å². The third-order valence-corrected chi connectivity index (χ3v) is 11.2. The number of rotatable bonds is 5. The van der Waals surface area contributed by atoms with Crippen molar-refractivity contribution in [3.05, 3.63) is 12.2 Å². The van der Waals surface area contributed by atoms with Crippen LogP contribution in [-0.4, -0.2) is 5.78 Å². The van der Waals surface area contributed by atoms with Gasteiger partial charge in [-0.15, -0.1) is 0 Å². The molecule has 9 atom stereocenters. The molecular weight excluding hydrogens is 364 g/mol. The Bertz CT molecular complexity index is 661. The van der Waals surface area contributed by atoms with Crippen LogP contribution < -0.4 is 0 Å². The Labute approximate surface area is 186 Å². The summed E-state index contributed by atoms with van der Waals surface area (Å²) in [7, 11) is 0.